The zero-order chi connectivity index (χ0) is 19.8. The first-order valence-electron chi connectivity index (χ1n) is 9.71. The highest BCUT2D eigenvalue weighted by Crippen LogP contribution is 2.24. The summed E-state index contributed by atoms with van der Waals surface area (Å²) in [5, 5.41) is 8.05. The lowest BCUT2D eigenvalue weighted by atomic mass is 10.2. The van der Waals surface area contributed by atoms with Gasteiger partial charge in [0.05, 0.1) is 25.1 Å². The molecule has 1 N–H and O–H groups in total. The number of ether oxygens (including phenoxy) is 1. The van der Waals surface area contributed by atoms with Crippen LogP contribution in [0.3, 0.4) is 0 Å². The summed E-state index contributed by atoms with van der Waals surface area (Å²) in [4.78, 5) is 20.5. The van der Waals surface area contributed by atoms with E-state index in [1.165, 1.54) is 10.7 Å². The number of anilines is 2. The molecule has 0 aliphatic carbocycles. The van der Waals surface area contributed by atoms with Gasteiger partial charge in [-0.3, -0.25) is 0 Å². The van der Waals surface area contributed by atoms with Crippen LogP contribution in [-0.2, 0) is 4.74 Å². The molecule has 2 saturated heterocycles. The highest BCUT2D eigenvalue weighted by Gasteiger charge is 2.20. The van der Waals surface area contributed by atoms with Crippen LogP contribution >= 0.6 is 0 Å². The fourth-order valence-corrected chi connectivity index (χ4v) is 3.51. The number of nitrogens with one attached hydrogen (secondary N) is 1. The van der Waals surface area contributed by atoms with Gasteiger partial charge in [-0.1, -0.05) is 0 Å². The fourth-order valence-electron chi connectivity index (χ4n) is 3.51. The maximum Gasteiger partial charge on any atom is 0.321 e. The Bertz CT molecular complexity index is 1060. The first kappa shape index (κ1) is 17.9. The Morgan fingerprint density at radius 3 is 2.72 bits per heavy atom. The molecule has 9 heteroatoms. The molecule has 0 spiro atoms. The number of pyridine rings is 1. The van der Waals surface area contributed by atoms with Gasteiger partial charge in [-0.2, -0.15) is 0 Å². The van der Waals surface area contributed by atoms with E-state index < -0.39 is 5.82 Å². The van der Waals surface area contributed by atoms with Crippen LogP contribution in [0.5, 0.6) is 0 Å². The average molecular weight is 396 g/mol. The standard InChI is InChI=1S/C20H21FN6O2/c21-17-3-2-15(23-20(28)26-4-1-5-26)11-18(17)27-13-14-10-16(12-22-19(14)24-27)25-6-8-29-9-7-25/h2-3,10-13H,1,4-9H2,(H,23,28). The Labute approximate surface area is 166 Å². The maximum absolute atomic E-state index is 14.5. The van der Waals surface area contributed by atoms with Crippen molar-refractivity contribution in [1.29, 1.82) is 0 Å². The number of amides is 2. The minimum atomic E-state index is -0.423. The summed E-state index contributed by atoms with van der Waals surface area (Å²) in [5.74, 6) is -0.423. The summed E-state index contributed by atoms with van der Waals surface area (Å²) < 4.78 is 21.4. The maximum atomic E-state index is 14.5. The van der Waals surface area contributed by atoms with Crippen LogP contribution in [0.2, 0.25) is 0 Å². The number of morpholine rings is 1. The van der Waals surface area contributed by atoms with Gasteiger partial charge in [-0.05, 0) is 30.7 Å². The van der Waals surface area contributed by atoms with Crippen molar-refractivity contribution in [2.24, 2.45) is 0 Å². The number of fused-ring (bicyclic) bond motifs is 1. The van der Waals surface area contributed by atoms with Crippen LogP contribution in [0, 0.1) is 5.82 Å². The van der Waals surface area contributed by atoms with E-state index in [1.807, 2.05) is 6.07 Å². The molecular weight excluding hydrogens is 375 g/mol. The van der Waals surface area contributed by atoms with E-state index in [0.29, 0.717) is 24.5 Å². The molecule has 0 unspecified atom stereocenters. The molecule has 29 heavy (non-hydrogen) atoms. The smallest absolute Gasteiger partial charge is 0.321 e. The zero-order valence-corrected chi connectivity index (χ0v) is 15.8. The van der Waals surface area contributed by atoms with Gasteiger partial charge in [0.1, 0.15) is 11.5 Å². The van der Waals surface area contributed by atoms with E-state index in [2.05, 4.69) is 20.3 Å². The molecule has 5 rings (SSSR count). The van der Waals surface area contributed by atoms with Gasteiger partial charge in [0.15, 0.2) is 5.65 Å². The molecule has 2 fully saturated rings. The number of nitrogens with zero attached hydrogens (tertiary/aromatic N) is 5. The lowest BCUT2D eigenvalue weighted by Gasteiger charge is -2.30. The van der Waals surface area contributed by atoms with Crippen molar-refractivity contribution in [3.8, 4) is 5.69 Å². The van der Waals surface area contributed by atoms with Crippen LogP contribution in [-0.4, -0.2) is 65.1 Å². The molecule has 2 aliphatic rings. The number of carbonyl (C=O) groups excluding carboxylic acids is 1. The molecule has 0 saturated carbocycles. The molecule has 1 aromatic carbocycles. The molecule has 2 amide bonds. The molecular formula is C20H21FN6O2. The zero-order valence-electron chi connectivity index (χ0n) is 15.8. The number of hydrogen-bond donors (Lipinski definition) is 1. The number of urea groups is 1. The topological polar surface area (TPSA) is 75.5 Å². The second-order valence-corrected chi connectivity index (χ2v) is 7.22. The van der Waals surface area contributed by atoms with E-state index in [-0.39, 0.29) is 11.7 Å². The fraction of sp³-hybridized carbons (Fsp3) is 0.350. The summed E-state index contributed by atoms with van der Waals surface area (Å²) in [6.07, 6.45) is 4.55. The second kappa shape index (κ2) is 7.32. The highest BCUT2D eigenvalue weighted by molar-refractivity contribution is 5.90. The Kier molecular flexibility index (Phi) is 4.51. The Hall–Kier alpha value is -3.20. The SMILES string of the molecule is O=C(Nc1ccc(F)c(-n2cc3cc(N4CCOCC4)cnc3n2)c1)N1CCC1. The molecule has 2 aliphatic heterocycles. The summed E-state index contributed by atoms with van der Waals surface area (Å²) in [6.45, 7) is 4.52. The minimum absolute atomic E-state index is 0.170. The first-order chi connectivity index (χ1) is 14.2. The van der Waals surface area contributed by atoms with E-state index in [4.69, 9.17) is 4.74 Å². The third-order valence-corrected chi connectivity index (χ3v) is 5.31. The van der Waals surface area contributed by atoms with E-state index in [0.717, 1.165) is 43.7 Å². The third-order valence-electron chi connectivity index (χ3n) is 5.31. The molecule has 0 radical (unpaired) electrons. The number of benzene rings is 1. The number of carbonyl (C=O) groups is 1. The third kappa shape index (κ3) is 3.49. The Morgan fingerprint density at radius 2 is 1.97 bits per heavy atom. The van der Waals surface area contributed by atoms with E-state index >= 15 is 0 Å². The van der Waals surface area contributed by atoms with Crippen molar-refractivity contribution in [1.82, 2.24) is 19.7 Å². The van der Waals surface area contributed by atoms with E-state index in [9.17, 15) is 9.18 Å². The predicted octanol–water partition coefficient (Wildman–Crippen LogP) is 2.63. The number of aromatic nitrogens is 3. The van der Waals surface area contributed by atoms with Crippen molar-refractivity contribution in [2.45, 2.75) is 6.42 Å². The van der Waals surface area contributed by atoms with Crippen molar-refractivity contribution in [3.63, 3.8) is 0 Å². The number of hydrogen-bond acceptors (Lipinski definition) is 5. The summed E-state index contributed by atoms with van der Waals surface area (Å²) in [5.41, 5.74) is 2.32. The lowest BCUT2D eigenvalue weighted by Crippen LogP contribution is -2.44. The van der Waals surface area contributed by atoms with Gasteiger partial charge in [-0.15, -0.1) is 5.10 Å². The Balaban J connectivity index is 1.43. The van der Waals surface area contributed by atoms with Gasteiger partial charge in [-0.25, -0.2) is 18.9 Å². The minimum Gasteiger partial charge on any atom is -0.378 e. The van der Waals surface area contributed by atoms with Crippen LogP contribution in [0.4, 0.5) is 20.6 Å². The molecule has 8 nitrogen and oxygen atoms in total. The van der Waals surface area contributed by atoms with Crippen LogP contribution in [0.1, 0.15) is 6.42 Å². The summed E-state index contributed by atoms with van der Waals surface area (Å²) >= 11 is 0. The molecule has 2 aromatic heterocycles. The van der Waals surface area contributed by atoms with Crippen LogP contribution in [0.15, 0.2) is 36.7 Å². The van der Waals surface area contributed by atoms with Crippen LogP contribution in [0.25, 0.3) is 16.7 Å². The normalized spacial score (nSPS) is 16.7. The second-order valence-electron chi connectivity index (χ2n) is 7.22. The van der Waals surface area contributed by atoms with Gasteiger partial charge < -0.3 is 19.9 Å². The van der Waals surface area contributed by atoms with Gasteiger partial charge >= 0.3 is 6.03 Å². The average Bonchev–Trinajstić information content (AvgIpc) is 3.12. The van der Waals surface area contributed by atoms with Crippen molar-refractivity contribution in [3.05, 3.63) is 42.5 Å². The van der Waals surface area contributed by atoms with Crippen LogP contribution < -0.4 is 10.2 Å². The van der Waals surface area contributed by atoms with E-state index in [1.54, 1.807) is 29.4 Å². The lowest BCUT2D eigenvalue weighted by molar-refractivity contribution is 0.122. The summed E-state index contributed by atoms with van der Waals surface area (Å²) in [7, 11) is 0. The molecule has 3 aromatic rings. The monoisotopic (exact) mass is 396 g/mol. The number of likely N-dealkylation sites (tertiary alicyclic amines) is 1. The number of rotatable bonds is 3. The van der Waals surface area contributed by atoms with Gasteiger partial charge in [0.2, 0.25) is 0 Å². The quantitative estimate of drug-likeness (QED) is 0.737. The number of halogens is 1. The molecule has 0 atom stereocenters. The largest absolute Gasteiger partial charge is 0.378 e. The van der Waals surface area contributed by atoms with Gasteiger partial charge in [0, 0.05) is 43.4 Å². The van der Waals surface area contributed by atoms with Crippen molar-refractivity contribution in [2.75, 3.05) is 49.6 Å². The highest BCUT2D eigenvalue weighted by atomic mass is 19.1. The van der Waals surface area contributed by atoms with Gasteiger partial charge in [0.25, 0.3) is 0 Å². The Morgan fingerprint density at radius 1 is 1.14 bits per heavy atom. The summed E-state index contributed by atoms with van der Waals surface area (Å²) in [6, 6.07) is 6.30. The van der Waals surface area contributed by atoms with Crippen molar-refractivity contribution >= 4 is 28.4 Å². The van der Waals surface area contributed by atoms with Crippen molar-refractivity contribution < 1.29 is 13.9 Å². The molecule has 150 valence electrons. The first-order valence-corrected chi connectivity index (χ1v) is 9.71. The molecule has 4 heterocycles. The molecule has 0 bridgehead atoms. The predicted molar refractivity (Wildman–Crippen MR) is 107 cm³/mol.